The Morgan fingerprint density at radius 1 is 1.39 bits per heavy atom. The van der Waals surface area contributed by atoms with Crippen LogP contribution in [0, 0.1) is 0 Å². The summed E-state index contributed by atoms with van der Waals surface area (Å²) in [6, 6.07) is -0.294. The molecule has 1 heterocycles. The molecule has 0 saturated carbocycles. The molecule has 0 bridgehead atoms. The lowest BCUT2D eigenvalue weighted by atomic mass is 10.1. The van der Waals surface area contributed by atoms with Gasteiger partial charge in [0, 0.05) is 19.1 Å². The highest BCUT2D eigenvalue weighted by Gasteiger charge is 2.21. The molecule has 104 valence electrons. The van der Waals surface area contributed by atoms with Crippen LogP contribution in [-0.4, -0.2) is 47.9 Å². The van der Waals surface area contributed by atoms with Crippen LogP contribution >= 0.6 is 11.6 Å². The predicted octanol–water partition coefficient (Wildman–Crippen LogP) is 1.31. The molecule has 0 aliphatic carbocycles. The van der Waals surface area contributed by atoms with Crippen LogP contribution in [0.15, 0.2) is 0 Å². The maximum absolute atomic E-state index is 11.5. The van der Waals surface area contributed by atoms with Crippen molar-refractivity contribution in [2.75, 3.05) is 19.6 Å². The lowest BCUT2D eigenvalue weighted by Crippen LogP contribution is -2.50. The smallest absolute Gasteiger partial charge is 0.321 e. The number of alkyl halides is 1. The van der Waals surface area contributed by atoms with Crippen LogP contribution in [0.2, 0.25) is 0 Å². The minimum Gasteiger partial charge on any atom is -0.335 e. The highest BCUT2D eigenvalue weighted by Crippen LogP contribution is 2.10. The monoisotopic (exact) mass is 275 g/mol. The number of urea groups is 1. The largest absolute Gasteiger partial charge is 0.335 e. The average molecular weight is 276 g/mol. The molecule has 0 radical (unpaired) electrons. The van der Waals surface area contributed by atoms with Crippen molar-refractivity contribution in [1.82, 2.24) is 15.5 Å². The third-order valence-corrected chi connectivity index (χ3v) is 3.26. The molecule has 3 amide bonds. The van der Waals surface area contributed by atoms with E-state index in [4.69, 9.17) is 11.6 Å². The van der Waals surface area contributed by atoms with E-state index >= 15 is 0 Å². The molecule has 0 aromatic rings. The van der Waals surface area contributed by atoms with Crippen LogP contribution in [0.1, 0.15) is 33.1 Å². The van der Waals surface area contributed by atoms with E-state index in [0.717, 1.165) is 38.9 Å². The van der Waals surface area contributed by atoms with Crippen molar-refractivity contribution in [3.8, 4) is 0 Å². The maximum atomic E-state index is 11.5. The molecule has 5 nitrogen and oxygen atoms in total. The Kier molecular flexibility index (Phi) is 6.43. The van der Waals surface area contributed by atoms with Gasteiger partial charge in [-0.15, -0.1) is 11.6 Å². The molecule has 1 aliphatic heterocycles. The number of piperidine rings is 1. The lowest BCUT2D eigenvalue weighted by Gasteiger charge is -2.31. The van der Waals surface area contributed by atoms with Crippen molar-refractivity contribution in [1.29, 1.82) is 0 Å². The van der Waals surface area contributed by atoms with Gasteiger partial charge in [-0.2, -0.15) is 0 Å². The normalized spacial score (nSPS) is 19.3. The summed E-state index contributed by atoms with van der Waals surface area (Å²) in [6.07, 6.45) is 3.01. The third kappa shape index (κ3) is 5.23. The van der Waals surface area contributed by atoms with Gasteiger partial charge in [-0.3, -0.25) is 10.1 Å². The molecule has 1 atom stereocenters. The number of likely N-dealkylation sites (tertiary alicyclic amines) is 1. The summed E-state index contributed by atoms with van der Waals surface area (Å²) < 4.78 is 0. The number of nitrogens with one attached hydrogen (secondary N) is 2. The second kappa shape index (κ2) is 7.59. The zero-order valence-electron chi connectivity index (χ0n) is 11.0. The molecule has 0 spiro atoms. The van der Waals surface area contributed by atoms with Crippen molar-refractivity contribution in [2.24, 2.45) is 0 Å². The van der Waals surface area contributed by atoms with Gasteiger partial charge in [0.05, 0.1) is 0 Å². The van der Waals surface area contributed by atoms with Crippen molar-refractivity contribution < 1.29 is 9.59 Å². The van der Waals surface area contributed by atoms with E-state index in [9.17, 15) is 9.59 Å². The number of hydrogen-bond acceptors (Lipinski definition) is 3. The standard InChI is InChI=1S/C12H22ClN3O2/c1-3-6-16-7-4-10(5-8-16)14-12(18)15-11(17)9(2)13/h9-10H,3-8H2,1-2H3,(H2,14,15,17,18). The minimum absolute atomic E-state index is 0.150. The van der Waals surface area contributed by atoms with E-state index in [1.54, 1.807) is 0 Å². The van der Waals surface area contributed by atoms with Crippen molar-refractivity contribution in [3.05, 3.63) is 0 Å². The Hall–Kier alpha value is -0.810. The summed E-state index contributed by atoms with van der Waals surface area (Å²) in [5.74, 6) is -0.461. The van der Waals surface area contributed by atoms with Crippen LogP contribution in [0.3, 0.4) is 0 Å². The first kappa shape index (κ1) is 15.2. The molecule has 6 heteroatoms. The van der Waals surface area contributed by atoms with Gasteiger partial charge in [-0.05, 0) is 32.7 Å². The first-order valence-electron chi connectivity index (χ1n) is 6.50. The summed E-state index contributed by atoms with van der Waals surface area (Å²) in [5.41, 5.74) is 0. The van der Waals surface area contributed by atoms with Gasteiger partial charge in [0.25, 0.3) is 0 Å². The third-order valence-electron chi connectivity index (χ3n) is 3.06. The molecule has 1 aliphatic rings. The molecule has 1 unspecified atom stereocenters. The summed E-state index contributed by atoms with van der Waals surface area (Å²) in [6.45, 7) is 6.81. The molecule has 0 aromatic heterocycles. The number of carbonyl (C=O) groups is 2. The Bertz CT molecular complexity index is 289. The first-order valence-corrected chi connectivity index (χ1v) is 6.94. The molecule has 2 N–H and O–H groups in total. The topological polar surface area (TPSA) is 61.4 Å². The second-order valence-electron chi connectivity index (χ2n) is 4.69. The second-order valence-corrected chi connectivity index (χ2v) is 5.35. The number of rotatable bonds is 4. The van der Waals surface area contributed by atoms with Gasteiger partial charge in [0.2, 0.25) is 5.91 Å². The number of halogens is 1. The van der Waals surface area contributed by atoms with Crippen LogP contribution in [0.5, 0.6) is 0 Å². The quantitative estimate of drug-likeness (QED) is 0.761. The van der Waals surface area contributed by atoms with Gasteiger partial charge in [0.1, 0.15) is 5.38 Å². The first-order chi connectivity index (χ1) is 8.52. The summed E-state index contributed by atoms with van der Waals surface area (Å²) >= 11 is 5.57. The van der Waals surface area contributed by atoms with Crippen molar-refractivity contribution in [3.63, 3.8) is 0 Å². The summed E-state index contributed by atoms with van der Waals surface area (Å²) in [4.78, 5) is 25.1. The van der Waals surface area contributed by atoms with Gasteiger partial charge in [0.15, 0.2) is 0 Å². The highest BCUT2D eigenvalue weighted by molar-refractivity contribution is 6.31. The maximum Gasteiger partial charge on any atom is 0.321 e. The van der Waals surface area contributed by atoms with Crippen LogP contribution in [0.25, 0.3) is 0 Å². The molecule has 18 heavy (non-hydrogen) atoms. The van der Waals surface area contributed by atoms with Gasteiger partial charge in [-0.1, -0.05) is 6.92 Å². The Balaban J connectivity index is 2.24. The van der Waals surface area contributed by atoms with Crippen molar-refractivity contribution in [2.45, 2.75) is 44.5 Å². The van der Waals surface area contributed by atoms with Crippen LogP contribution < -0.4 is 10.6 Å². The average Bonchev–Trinajstić information content (AvgIpc) is 2.31. The van der Waals surface area contributed by atoms with Crippen LogP contribution in [0.4, 0.5) is 4.79 Å². The lowest BCUT2D eigenvalue weighted by molar-refractivity contribution is -0.119. The number of hydrogen-bond donors (Lipinski definition) is 2. The van der Waals surface area contributed by atoms with Crippen molar-refractivity contribution >= 4 is 23.5 Å². The molecular weight excluding hydrogens is 254 g/mol. The molecule has 1 saturated heterocycles. The molecule has 1 fully saturated rings. The van der Waals surface area contributed by atoms with Gasteiger partial charge < -0.3 is 10.2 Å². The number of imide groups is 1. The number of nitrogens with zero attached hydrogens (tertiary/aromatic N) is 1. The fourth-order valence-electron chi connectivity index (χ4n) is 2.05. The van der Waals surface area contributed by atoms with Crippen LogP contribution in [-0.2, 0) is 4.79 Å². The molecule has 1 rings (SSSR count). The minimum atomic E-state index is -0.692. The van der Waals surface area contributed by atoms with E-state index in [-0.39, 0.29) is 6.04 Å². The van der Waals surface area contributed by atoms with E-state index in [2.05, 4.69) is 22.5 Å². The number of carbonyl (C=O) groups excluding carboxylic acids is 2. The van der Waals surface area contributed by atoms with E-state index in [1.807, 2.05) is 0 Å². The van der Waals surface area contributed by atoms with E-state index in [0.29, 0.717) is 0 Å². The zero-order valence-corrected chi connectivity index (χ0v) is 11.8. The summed E-state index contributed by atoms with van der Waals surface area (Å²) in [7, 11) is 0. The number of amides is 3. The molecular formula is C12H22ClN3O2. The highest BCUT2D eigenvalue weighted by atomic mass is 35.5. The Morgan fingerprint density at radius 2 is 2.00 bits per heavy atom. The fourth-order valence-corrected chi connectivity index (χ4v) is 2.10. The van der Waals surface area contributed by atoms with Gasteiger partial charge in [-0.25, -0.2) is 4.79 Å². The zero-order chi connectivity index (χ0) is 13.5. The fraction of sp³-hybridized carbons (Fsp3) is 0.833. The Labute approximate surface area is 113 Å². The van der Waals surface area contributed by atoms with Gasteiger partial charge >= 0.3 is 6.03 Å². The van der Waals surface area contributed by atoms with E-state index in [1.165, 1.54) is 6.92 Å². The van der Waals surface area contributed by atoms with E-state index < -0.39 is 17.3 Å². The Morgan fingerprint density at radius 3 is 2.50 bits per heavy atom. The SMILES string of the molecule is CCCN1CCC(NC(=O)NC(=O)C(C)Cl)CC1. The summed E-state index contributed by atoms with van der Waals surface area (Å²) in [5, 5.41) is 4.35. The molecule has 0 aromatic carbocycles. The predicted molar refractivity (Wildman–Crippen MR) is 71.7 cm³/mol.